The molecule has 11 aromatic rings. The molecule has 0 saturated heterocycles. The standard InChI is InChI=1S/C66H53N3/c1-5-20-49-23-14-16-29-59(49)50-33-36-54(37-34-50)69-64-32-19-17-30-60(64)62-44-51(35-41-66(62)69)61-45-56(39-42-65(61)68(53-26-10-7-11-27-53)63-31-18-13-22-47(63)3)67(52-24-8-6-9-25-52)55-38-40-58(48(4)43-55)57-28-15-12-21-46(57)2/h5-45H,1-4H3/b20-5-. The van der Waals surface area contributed by atoms with Gasteiger partial charge in [-0.1, -0.05) is 158 Å². The molecule has 0 aliphatic heterocycles. The Kier molecular flexibility index (Phi) is 11.5. The van der Waals surface area contributed by atoms with E-state index in [-0.39, 0.29) is 0 Å². The lowest BCUT2D eigenvalue weighted by atomic mass is 9.95. The van der Waals surface area contributed by atoms with E-state index < -0.39 is 0 Å². The Labute approximate surface area is 406 Å². The molecule has 0 bridgehead atoms. The van der Waals surface area contributed by atoms with E-state index in [4.69, 9.17) is 0 Å². The third-order valence-electron chi connectivity index (χ3n) is 13.5. The van der Waals surface area contributed by atoms with Crippen LogP contribution in [0.4, 0.5) is 34.1 Å². The maximum Gasteiger partial charge on any atom is 0.0541 e. The van der Waals surface area contributed by atoms with Crippen LogP contribution in [0.15, 0.2) is 243 Å². The average Bonchev–Trinajstić information content (AvgIpc) is 3.72. The number of aryl methyl sites for hydroxylation is 3. The summed E-state index contributed by atoms with van der Waals surface area (Å²) in [6, 6.07) is 86.3. The minimum Gasteiger partial charge on any atom is -0.310 e. The molecule has 0 N–H and O–H groups in total. The van der Waals surface area contributed by atoms with E-state index in [9.17, 15) is 0 Å². The number of nitrogens with zero attached hydrogens (tertiary/aromatic N) is 3. The molecule has 332 valence electrons. The lowest BCUT2D eigenvalue weighted by Gasteiger charge is -2.31. The number of aromatic nitrogens is 1. The highest BCUT2D eigenvalue weighted by Gasteiger charge is 2.23. The van der Waals surface area contributed by atoms with Crippen LogP contribution in [0.5, 0.6) is 0 Å². The fourth-order valence-corrected chi connectivity index (χ4v) is 10.2. The van der Waals surface area contributed by atoms with Crippen LogP contribution in [0.3, 0.4) is 0 Å². The van der Waals surface area contributed by atoms with Gasteiger partial charge in [-0.05, 0) is 169 Å². The minimum absolute atomic E-state index is 1.07. The summed E-state index contributed by atoms with van der Waals surface area (Å²) in [5.41, 5.74) is 22.1. The minimum atomic E-state index is 1.07. The summed E-state index contributed by atoms with van der Waals surface area (Å²) in [5.74, 6) is 0. The molecule has 0 radical (unpaired) electrons. The normalized spacial score (nSPS) is 11.4. The molecule has 0 aliphatic carbocycles. The molecule has 0 unspecified atom stereocenters. The van der Waals surface area contributed by atoms with Gasteiger partial charge in [-0.2, -0.15) is 0 Å². The lowest BCUT2D eigenvalue weighted by molar-refractivity contribution is 1.18. The Morgan fingerprint density at radius 3 is 1.65 bits per heavy atom. The molecule has 69 heavy (non-hydrogen) atoms. The Balaban J connectivity index is 1.12. The van der Waals surface area contributed by atoms with E-state index in [1.54, 1.807) is 0 Å². The highest BCUT2D eigenvalue weighted by Crippen LogP contribution is 2.47. The Bertz CT molecular complexity index is 3660. The van der Waals surface area contributed by atoms with E-state index in [0.29, 0.717) is 0 Å². The van der Waals surface area contributed by atoms with Gasteiger partial charge in [-0.25, -0.2) is 0 Å². The van der Waals surface area contributed by atoms with Crippen LogP contribution in [0.1, 0.15) is 29.2 Å². The zero-order chi connectivity index (χ0) is 46.8. The Morgan fingerprint density at radius 2 is 0.928 bits per heavy atom. The maximum absolute atomic E-state index is 2.42. The molecule has 11 rings (SSSR count). The third kappa shape index (κ3) is 8.09. The summed E-state index contributed by atoms with van der Waals surface area (Å²) in [6.07, 6.45) is 4.28. The number of allylic oxidation sites excluding steroid dienone is 1. The Morgan fingerprint density at radius 1 is 0.348 bits per heavy atom. The molecule has 1 heterocycles. The van der Waals surface area contributed by atoms with Crippen molar-refractivity contribution >= 4 is 62.0 Å². The van der Waals surface area contributed by atoms with Crippen LogP contribution < -0.4 is 9.80 Å². The van der Waals surface area contributed by atoms with Gasteiger partial charge in [0.2, 0.25) is 0 Å². The van der Waals surface area contributed by atoms with Crippen molar-refractivity contribution in [2.75, 3.05) is 9.80 Å². The number of para-hydroxylation sites is 4. The molecule has 0 amide bonds. The van der Waals surface area contributed by atoms with Crippen molar-refractivity contribution in [2.24, 2.45) is 0 Å². The van der Waals surface area contributed by atoms with Crippen LogP contribution in [0.2, 0.25) is 0 Å². The highest BCUT2D eigenvalue weighted by molar-refractivity contribution is 6.11. The predicted molar refractivity (Wildman–Crippen MR) is 295 cm³/mol. The zero-order valence-corrected chi connectivity index (χ0v) is 39.5. The summed E-state index contributed by atoms with van der Waals surface area (Å²) < 4.78 is 2.41. The first kappa shape index (κ1) is 42.9. The first-order valence-corrected chi connectivity index (χ1v) is 23.9. The lowest BCUT2D eigenvalue weighted by Crippen LogP contribution is -2.14. The number of anilines is 6. The zero-order valence-electron chi connectivity index (χ0n) is 39.5. The van der Waals surface area contributed by atoms with E-state index in [1.807, 2.05) is 0 Å². The fraction of sp³-hybridized carbons (Fsp3) is 0.0606. The largest absolute Gasteiger partial charge is 0.310 e. The van der Waals surface area contributed by atoms with Crippen LogP contribution in [0.25, 0.3) is 66.9 Å². The summed E-state index contributed by atoms with van der Waals surface area (Å²) in [7, 11) is 0. The second-order valence-electron chi connectivity index (χ2n) is 17.9. The van der Waals surface area contributed by atoms with Crippen LogP contribution in [-0.4, -0.2) is 4.57 Å². The molecule has 0 spiro atoms. The van der Waals surface area contributed by atoms with Crippen molar-refractivity contribution in [3.8, 4) is 39.1 Å². The quantitative estimate of drug-likeness (QED) is 0.128. The average molecular weight is 888 g/mol. The fourth-order valence-electron chi connectivity index (χ4n) is 10.2. The molecule has 0 saturated carbocycles. The molecule has 3 nitrogen and oxygen atoms in total. The number of hydrogen-bond acceptors (Lipinski definition) is 2. The van der Waals surface area contributed by atoms with Gasteiger partial charge in [0.05, 0.1) is 16.7 Å². The number of fused-ring (bicyclic) bond motifs is 3. The highest BCUT2D eigenvalue weighted by atomic mass is 15.2. The van der Waals surface area contributed by atoms with Gasteiger partial charge in [0.1, 0.15) is 0 Å². The molecule has 0 atom stereocenters. The van der Waals surface area contributed by atoms with Crippen LogP contribution in [-0.2, 0) is 0 Å². The van der Waals surface area contributed by atoms with E-state index >= 15 is 0 Å². The van der Waals surface area contributed by atoms with Gasteiger partial charge in [-0.15, -0.1) is 0 Å². The van der Waals surface area contributed by atoms with Crippen molar-refractivity contribution in [1.82, 2.24) is 4.57 Å². The summed E-state index contributed by atoms with van der Waals surface area (Å²) in [5, 5.41) is 2.41. The summed E-state index contributed by atoms with van der Waals surface area (Å²) in [6.45, 7) is 8.69. The second-order valence-corrected chi connectivity index (χ2v) is 17.9. The van der Waals surface area contributed by atoms with Crippen LogP contribution >= 0.6 is 0 Å². The van der Waals surface area contributed by atoms with Gasteiger partial charge in [-0.3, -0.25) is 0 Å². The van der Waals surface area contributed by atoms with Crippen molar-refractivity contribution in [3.05, 3.63) is 265 Å². The van der Waals surface area contributed by atoms with Crippen molar-refractivity contribution in [2.45, 2.75) is 27.7 Å². The van der Waals surface area contributed by atoms with Crippen molar-refractivity contribution in [1.29, 1.82) is 0 Å². The van der Waals surface area contributed by atoms with Gasteiger partial charge >= 0.3 is 0 Å². The first-order chi connectivity index (χ1) is 33.9. The predicted octanol–water partition coefficient (Wildman–Crippen LogP) is 18.7. The van der Waals surface area contributed by atoms with E-state index in [0.717, 1.165) is 56.5 Å². The van der Waals surface area contributed by atoms with Gasteiger partial charge in [0, 0.05) is 50.5 Å². The van der Waals surface area contributed by atoms with Crippen molar-refractivity contribution < 1.29 is 0 Å². The molecular weight excluding hydrogens is 835 g/mol. The molecule has 1 aromatic heterocycles. The number of benzene rings is 10. The summed E-state index contributed by atoms with van der Waals surface area (Å²) >= 11 is 0. The molecule has 0 aliphatic rings. The smallest absolute Gasteiger partial charge is 0.0541 e. The second kappa shape index (κ2) is 18.6. The van der Waals surface area contributed by atoms with E-state index in [1.165, 1.54) is 60.8 Å². The number of rotatable bonds is 11. The number of hydrogen-bond donors (Lipinski definition) is 0. The third-order valence-corrected chi connectivity index (χ3v) is 13.5. The SMILES string of the molecule is C/C=C\c1ccccc1-c1ccc(-n2c3ccccc3c3cc(-c4cc(N(c5ccccc5)c5ccc(-c6ccccc6C)c(C)c5)ccc4N(c4ccccc4)c4ccccc4C)ccc32)cc1. The molecule has 3 heteroatoms. The first-order valence-electron chi connectivity index (χ1n) is 23.9. The topological polar surface area (TPSA) is 11.4 Å². The van der Waals surface area contributed by atoms with Crippen LogP contribution in [0, 0.1) is 20.8 Å². The molecular formula is C66H53N3. The van der Waals surface area contributed by atoms with Crippen molar-refractivity contribution in [3.63, 3.8) is 0 Å². The Hall–Kier alpha value is -8.66. The van der Waals surface area contributed by atoms with Gasteiger partial charge in [0.25, 0.3) is 0 Å². The molecule has 10 aromatic carbocycles. The molecule has 0 fully saturated rings. The summed E-state index contributed by atoms with van der Waals surface area (Å²) in [4.78, 5) is 4.82. The van der Waals surface area contributed by atoms with Gasteiger partial charge in [0.15, 0.2) is 0 Å². The van der Waals surface area contributed by atoms with Gasteiger partial charge < -0.3 is 14.4 Å². The maximum atomic E-state index is 2.42. The van der Waals surface area contributed by atoms with E-state index in [2.05, 4.69) is 291 Å². The monoisotopic (exact) mass is 887 g/mol.